The fraction of sp³-hybridized carbons (Fsp3) is 0.143. The molecule has 4 rings (SSSR count). The highest BCUT2D eigenvalue weighted by Gasteiger charge is 2.34. The van der Waals surface area contributed by atoms with Gasteiger partial charge in [-0.1, -0.05) is 23.7 Å². The molecular formula is C21H16ClF2N3O3S. The minimum absolute atomic E-state index is 0.0124. The van der Waals surface area contributed by atoms with Crippen LogP contribution in [0.3, 0.4) is 0 Å². The Bertz CT molecular complexity index is 1140. The molecule has 0 N–H and O–H groups in total. The van der Waals surface area contributed by atoms with Crippen LogP contribution < -0.4 is 18.7 Å². The third kappa shape index (κ3) is 3.98. The quantitative estimate of drug-likeness (QED) is 0.455. The number of ether oxygens (including phenoxy) is 2. The van der Waals surface area contributed by atoms with Gasteiger partial charge in [-0.15, -0.1) is 0 Å². The lowest BCUT2D eigenvalue weighted by atomic mass is 10.1. The van der Waals surface area contributed by atoms with E-state index in [4.69, 9.17) is 21.1 Å². The van der Waals surface area contributed by atoms with E-state index in [9.17, 15) is 13.6 Å². The summed E-state index contributed by atoms with van der Waals surface area (Å²) in [6.45, 7) is -0.189. The highest BCUT2D eigenvalue weighted by atomic mass is 35.5. The van der Waals surface area contributed by atoms with Gasteiger partial charge in [-0.2, -0.15) is 4.98 Å². The van der Waals surface area contributed by atoms with E-state index >= 15 is 0 Å². The number of fused-ring (bicyclic) bond motifs is 1. The number of pyridine rings is 1. The van der Waals surface area contributed by atoms with Gasteiger partial charge in [0.25, 0.3) is 5.88 Å². The minimum Gasteiger partial charge on any atom is -0.491 e. The van der Waals surface area contributed by atoms with Gasteiger partial charge in [-0.25, -0.2) is 17.9 Å². The van der Waals surface area contributed by atoms with E-state index < -0.39 is 17.7 Å². The van der Waals surface area contributed by atoms with Crippen LogP contribution in [0.25, 0.3) is 0 Å². The van der Waals surface area contributed by atoms with Crippen LogP contribution in [-0.2, 0) is 6.54 Å². The lowest BCUT2D eigenvalue weighted by molar-refractivity contribution is 0.254. The van der Waals surface area contributed by atoms with Gasteiger partial charge in [0.2, 0.25) is 0 Å². The van der Waals surface area contributed by atoms with Gasteiger partial charge in [0.15, 0.2) is 11.6 Å². The van der Waals surface area contributed by atoms with Crippen molar-refractivity contribution < 1.29 is 23.0 Å². The van der Waals surface area contributed by atoms with Crippen LogP contribution in [0.1, 0.15) is 5.56 Å². The second-order valence-electron chi connectivity index (χ2n) is 6.45. The number of amides is 2. The average molecular weight is 464 g/mol. The van der Waals surface area contributed by atoms with Gasteiger partial charge < -0.3 is 9.47 Å². The molecule has 0 bridgehead atoms. The number of nitrogens with zero attached hydrogens (tertiary/aromatic N) is 3. The Hall–Kier alpha value is -3.04. The standard InChI is InChI=1S/C21H16ClF2N3O3S/c1-29-17-7-8-19(25-20(17)30-2)27-21(28)26(16-5-3-4-6-18(16)31-27)11-13-14(22)9-12(23)10-15(13)24/h3-10H,11H2,1-2H3. The number of carbonyl (C=O) groups excluding carboxylic acids is 1. The summed E-state index contributed by atoms with van der Waals surface area (Å²) >= 11 is 7.25. The van der Waals surface area contributed by atoms with Crippen LogP contribution in [-0.4, -0.2) is 25.2 Å². The van der Waals surface area contributed by atoms with Gasteiger partial charge >= 0.3 is 6.03 Å². The molecule has 0 aliphatic carbocycles. The molecule has 3 aromatic rings. The maximum atomic E-state index is 14.4. The van der Waals surface area contributed by atoms with Crippen LogP contribution in [0.2, 0.25) is 5.02 Å². The van der Waals surface area contributed by atoms with Gasteiger partial charge in [-0.3, -0.25) is 4.90 Å². The molecule has 0 saturated carbocycles. The molecule has 0 atom stereocenters. The molecule has 1 aliphatic rings. The monoisotopic (exact) mass is 463 g/mol. The Morgan fingerprint density at radius 1 is 1.10 bits per heavy atom. The van der Waals surface area contributed by atoms with E-state index in [-0.39, 0.29) is 23.0 Å². The van der Waals surface area contributed by atoms with E-state index in [2.05, 4.69) is 4.98 Å². The van der Waals surface area contributed by atoms with E-state index in [0.29, 0.717) is 17.3 Å². The molecule has 1 aromatic heterocycles. The summed E-state index contributed by atoms with van der Waals surface area (Å²) in [4.78, 5) is 19.9. The van der Waals surface area contributed by atoms with E-state index in [1.807, 2.05) is 12.1 Å². The van der Waals surface area contributed by atoms with Crippen molar-refractivity contribution in [2.75, 3.05) is 23.4 Å². The largest absolute Gasteiger partial charge is 0.491 e. The molecule has 0 spiro atoms. The van der Waals surface area contributed by atoms with E-state index in [1.54, 1.807) is 24.3 Å². The Labute approximate surface area is 186 Å². The van der Waals surface area contributed by atoms with Crippen molar-refractivity contribution in [3.8, 4) is 11.6 Å². The minimum atomic E-state index is -0.829. The number of rotatable bonds is 5. The smallest absolute Gasteiger partial charge is 0.341 e. The zero-order chi connectivity index (χ0) is 22.1. The summed E-state index contributed by atoms with van der Waals surface area (Å²) < 4.78 is 39.7. The number of hydrogen-bond donors (Lipinski definition) is 0. The van der Waals surface area contributed by atoms with Crippen LogP contribution >= 0.6 is 23.5 Å². The molecule has 6 nitrogen and oxygen atoms in total. The van der Waals surface area contributed by atoms with Gasteiger partial charge in [0, 0.05) is 23.6 Å². The fourth-order valence-corrected chi connectivity index (χ4v) is 4.35. The van der Waals surface area contributed by atoms with Crippen molar-refractivity contribution in [3.05, 3.63) is 70.8 Å². The van der Waals surface area contributed by atoms with Crippen molar-refractivity contribution >= 4 is 41.1 Å². The normalized spacial score (nSPS) is 13.3. The molecule has 0 fully saturated rings. The number of anilines is 2. The Kier molecular flexibility index (Phi) is 5.88. The third-order valence-corrected chi connectivity index (χ3v) is 6.01. The van der Waals surface area contributed by atoms with Crippen LogP contribution in [0.5, 0.6) is 11.6 Å². The number of urea groups is 1. The van der Waals surface area contributed by atoms with Gasteiger partial charge in [-0.05, 0) is 30.3 Å². The maximum Gasteiger partial charge on any atom is 0.341 e. The number of aromatic nitrogens is 1. The maximum absolute atomic E-state index is 14.4. The summed E-state index contributed by atoms with van der Waals surface area (Å²) in [7, 11) is 2.93. The lowest BCUT2D eigenvalue weighted by Crippen LogP contribution is -2.43. The lowest BCUT2D eigenvalue weighted by Gasteiger charge is -2.35. The Balaban J connectivity index is 1.77. The average Bonchev–Trinajstić information content (AvgIpc) is 2.76. The van der Waals surface area contributed by atoms with Crippen LogP contribution in [0.15, 0.2) is 53.4 Å². The predicted molar refractivity (Wildman–Crippen MR) is 115 cm³/mol. The number of para-hydroxylation sites is 1. The molecule has 0 radical (unpaired) electrons. The fourth-order valence-electron chi connectivity index (χ4n) is 3.12. The second-order valence-corrected chi connectivity index (χ2v) is 7.85. The highest BCUT2D eigenvalue weighted by Crippen LogP contribution is 2.43. The van der Waals surface area contributed by atoms with Gasteiger partial charge in [0.1, 0.15) is 11.6 Å². The van der Waals surface area contributed by atoms with Gasteiger partial charge in [0.05, 0.1) is 36.4 Å². The number of methoxy groups -OCH3 is 2. The highest BCUT2D eigenvalue weighted by molar-refractivity contribution is 8.01. The molecule has 2 heterocycles. The Morgan fingerprint density at radius 3 is 2.58 bits per heavy atom. The first-order chi connectivity index (χ1) is 14.9. The molecule has 2 aromatic carbocycles. The predicted octanol–water partition coefficient (Wildman–Crippen LogP) is 5.68. The zero-order valence-electron chi connectivity index (χ0n) is 16.4. The molecule has 160 valence electrons. The van der Waals surface area contributed by atoms with Crippen molar-refractivity contribution in [1.29, 1.82) is 0 Å². The first-order valence-electron chi connectivity index (χ1n) is 9.04. The van der Waals surface area contributed by atoms with Crippen molar-refractivity contribution in [3.63, 3.8) is 0 Å². The third-order valence-electron chi connectivity index (χ3n) is 4.60. The summed E-state index contributed by atoms with van der Waals surface area (Å²) in [5.41, 5.74) is 0.590. The number of carbonyl (C=O) groups is 1. The molecule has 0 saturated heterocycles. The molecule has 0 unspecified atom stereocenters. The summed E-state index contributed by atoms with van der Waals surface area (Å²) in [5.74, 6) is -0.685. The molecule has 10 heteroatoms. The molecule has 2 amide bonds. The molecular weight excluding hydrogens is 448 g/mol. The number of benzene rings is 2. The Morgan fingerprint density at radius 2 is 1.87 bits per heavy atom. The SMILES string of the molecule is COc1ccc(N2Sc3ccccc3N(Cc3c(F)cc(F)cc3Cl)C2=O)nc1OC. The topological polar surface area (TPSA) is 54.9 Å². The second kappa shape index (κ2) is 8.60. The first-order valence-corrected chi connectivity index (χ1v) is 10.2. The van der Waals surface area contributed by atoms with Crippen LogP contribution in [0, 0.1) is 11.6 Å². The van der Waals surface area contributed by atoms with Crippen molar-refractivity contribution in [2.24, 2.45) is 0 Å². The van der Waals surface area contributed by atoms with Crippen LogP contribution in [0.4, 0.5) is 25.1 Å². The van der Waals surface area contributed by atoms with E-state index in [0.717, 1.165) is 17.0 Å². The molecule has 31 heavy (non-hydrogen) atoms. The van der Waals surface area contributed by atoms with Crippen molar-refractivity contribution in [1.82, 2.24) is 4.98 Å². The van der Waals surface area contributed by atoms with E-state index in [1.165, 1.54) is 35.4 Å². The summed E-state index contributed by atoms with van der Waals surface area (Å²) in [6, 6.07) is 11.7. The summed E-state index contributed by atoms with van der Waals surface area (Å²) in [6.07, 6.45) is 0. The molecule has 1 aliphatic heterocycles. The van der Waals surface area contributed by atoms with Crippen molar-refractivity contribution in [2.45, 2.75) is 11.4 Å². The number of hydrogen-bond acceptors (Lipinski definition) is 5. The number of halogens is 3. The summed E-state index contributed by atoms with van der Waals surface area (Å²) in [5, 5.41) is -0.100. The first kappa shape index (κ1) is 21.2. The zero-order valence-corrected chi connectivity index (χ0v) is 18.0.